The van der Waals surface area contributed by atoms with Gasteiger partial charge < -0.3 is 4.74 Å². The standard InChI is InChI=1S/C37H52F2O/c1-3-5-7-9-29-11-17-32(18-12-29)33-21-15-31(16-22-33)27-28-40-37(38,39)36-25-23-35(24-26-36)34-19-13-30(14-20-34)10-8-6-4-2/h4,6,15-16,21-26,29-30,32,34H,3,5,7-14,17-20,27-28H2,1-2H3. The Kier molecular flexibility index (Phi) is 12.3. The van der Waals surface area contributed by atoms with Gasteiger partial charge in [-0.05, 0) is 118 Å². The zero-order valence-corrected chi connectivity index (χ0v) is 25.1. The lowest BCUT2D eigenvalue weighted by Gasteiger charge is -2.29. The Balaban J connectivity index is 1.18. The van der Waals surface area contributed by atoms with Gasteiger partial charge in [0.25, 0.3) is 0 Å². The summed E-state index contributed by atoms with van der Waals surface area (Å²) in [6, 6.07) is 15.6. The van der Waals surface area contributed by atoms with E-state index in [1.165, 1.54) is 88.2 Å². The molecular weight excluding hydrogens is 498 g/mol. The van der Waals surface area contributed by atoms with Crippen molar-refractivity contribution in [2.75, 3.05) is 6.61 Å². The first-order valence-corrected chi connectivity index (χ1v) is 16.3. The summed E-state index contributed by atoms with van der Waals surface area (Å²) in [4.78, 5) is 0. The molecule has 0 N–H and O–H groups in total. The van der Waals surface area contributed by atoms with E-state index in [0.29, 0.717) is 18.3 Å². The van der Waals surface area contributed by atoms with Crippen LogP contribution in [0.5, 0.6) is 0 Å². The lowest BCUT2D eigenvalue weighted by Crippen LogP contribution is -2.20. The summed E-state index contributed by atoms with van der Waals surface area (Å²) in [5.74, 6) is 2.86. The van der Waals surface area contributed by atoms with Crippen molar-refractivity contribution in [1.29, 1.82) is 0 Å². The van der Waals surface area contributed by atoms with Gasteiger partial charge in [0.1, 0.15) is 0 Å². The zero-order chi connectivity index (χ0) is 28.2. The maximum atomic E-state index is 14.8. The lowest BCUT2D eigenvalue weighted by molar-refractivity contribution is -0.248. The summed E-state index contributed by atoms with van der Waals surface area (Å²) in [6.07, 6.45) is 19.5. The zero-order valence-electron chi connectivity index (χ0n) is 25.1. The largest absolute Gasteiger partial charge is 0.383 e. The maximum Gasteiger partial charge on any atom is 0.383 e. The molecule has 0 heterocycles. The van der Waals surface area contributed by atoms with E-state index < -0.39 is 6.11 Å². The van der Waals surface area contributed by atoms with E-state index in [9.17, 15) is 8.78 Å². The molecule has 2 aliphatic rings. The van der Waals surface area contributed by atoms with Crippen LogP contribution in [0, 0.1) is 11.8 Å². The molecule has 220 valence electrons. The summed E-state index contributed by atoms with van der Waals surface area (Å²) in [5.41, 5.74) is 3.61. The molecule has 1 nitrogen and oxygen atoms in total. The molecule has 3 heteroatoms. The van der Waals surface area contributed by atoms with E-state index >= 15 is 0 Å². The van der Waals surface area contributed by atoms with Crippen LogP contribution < -0.4 is 0 Å². The van der Waals surface area contributed by atoms with Crippen molar-refractivity contribution in [3.63, 3.8) is 0 Å². The van der Waals surface area contributed by atoms with Crippen molar-refractivity contribution in [2.24, 2.45) is 11.8 Å². The fraction of sp³-hybridized carbons (Fsp3) is 0.622. The van der Waals surface area contributed by atoms with Crippen LogP contribution in [-0.4, -0.2) is 6.61 Å². The lowest BCUT2D eigenvalue weighted by atomic mass is 9.77. The van der Waals surface area contributed by atoms with Crippen LogP contribution in [0.4, 0.5) is 8.78 Å². The highest BCUT2D eigenvalue weighted by Crippen LogP contribution is 2.39. The van der Waals surface area contributed by atoms with Crippen LogP contribution in [0.3, 0.4) is 0 Å². The first-order valence-electron chi connectivity index (χ1n) is 16.3. The van der Waals surface area contributed by atoms with Crippen molar-refractivity contribution >= 4 is 0 Å². The minimum atomic E-state index is -3.27. The van der Waals surface area contributed by atoms with Gasteiger partial charge in [-0.3, -0.25) is 0 Å². The van der Waals surface area contributed by atoms with E-state index in [0.717, 1.165) is 30.2 Å². The van der Waals surface area contributed by atoms with Gasteiger partial charge in [0.05, 0.1) is 12.2 Å². The number of benzene rings is 2. The third kappa shape index (κ3) is 9.26. The van der Waals surface area contributed by atoms with Gasteiger partial charge in [-0.15, -0.1) is 0 Å². The summed E-state index contributed by atoms with van der Waals surface area (Å²) in [5, 5.41) is 0. The molecule has 0 unspecified atom stereocenters. The molecule has 0 radical (unpaired) electrons. The van der Waals surface area contributed by atoms with E-state index in [1.807, 2.05) is 12.1 Å². The number of ether oxygens (including phenoxy) is 1. The number of rotatable bonds is 14. The summed E-state index contributed by atoms with van der Waals surface area (Å²) in [6.45, 7) is 4.36. The van der Waals surface area contributed by atoms with E-state index in [1.54, 1.807) is 12.1 Å². The van der Waals surface area contributed by atoms with Crippen LogP contribution in [0.15, 0.2) is 60.7 Å². The van der Waals surface area contributed by atoms with Crippen LogP contribution in [0.25, 0.3) is 0 Å². The van der Waals surface area contributed by atoms with Crippen LogP contribution >= 0.6 is 0 Å². The topological polar surface area (TPSA) is 9.23 Å². The number of unbranched alkanes of at least 4 members (excludes halogenated alkanes) is 2. The third-order valence-electron chi connectivity index (χ3n) is 9.73. The average molecular weight is 551 g/mol. The fourth-order valence-electron chi connectivity index (χ4n) is 7.04. The second-order valence-corrected chi connectivity index (χ2v) is 12.6. The van der Waals surface area contributed by atoms with Crippen molar-refractivity contribution in [3.05, 3.63) is 82.9 Å². The highest BCUT2D eigenvalue weighted by molar-refractivity contribution is 5.28. The number of hydrogen-bond donors (Lipinski definition) is 0. The van der Waals surface area contributed by atoms with Crippen LogP contribution in [0.2, 0.25) is 0 Å². The minimum Gasteiger partial charge on any atom is -0.316 e. The summed E-state index contributed by atoms with van der Waals surface area (Å²) >= 11 is 0. The Morgan fingerprint density at radius 1 is 0.750 bits per heavy atom. The SMILES string of the molecule is CC=CCCC1CCC(c2ccc(C(F)(F)OCCc3ccc(C4CCC(CCCCC)CC4)cc3)cc2)CC1. The molecule has 0 aromatic heterocycles. The molecule has 0 bridgehead atoms. The summed E-state index contributed by atoms with van der Waals surface area (Å²) in [7, 11) is 0. The van der Waals surface area contributed by atoms with Crippen molar-refractivity contribution in [2.45, 2.75) is 128 Å². The molecule has 40 heavy (non-hydrogen) atoms. The molecule has 2 saturated carbocycles. The summed E-state index contributed by atoms with van der Waals surface area (Å²) < 4.78 is 34.8. The number of alkyl halides is 2. The highest BCUT2D eigenvalue weighted by atomic mass is 19.3. The Bertz CT molecular complexity index is 993. The second-order valence-electron chi connectivity index (χ2n) is 12.6. The third-order valence-corrected chi connectivity index (χ3v) is 9.73. The van der Waals surface area contributed by atoms with E-state index in [4.69, 9.17) is 4.74 Å². The Morgan fingerprint density at radius 3 is 1.85 bits per heavy atom. The molecular formula is C37H52F2O. The number of allylic oxidation sites excluding steroid dienone is 2. The van der Waals surface area contributed by atoms with Crippen molar-refractivity contribution < 1.29 is 13.5 Å². The molecule has 0 atom stereocenters. The van der Waals surface area contributed by atoms with E-state index in [2.05, 4.69) is 50.3 Å². The molecule has 2 aromatic carbocycles. The van der Waals surface area contributed by atoms with E-state index in [-0.39, 0.29) is 12.2 Å². The smallest absolute Gasteiger partial charge is 0.316 e. The number of halogens is 2. The fourth-order valence-corrected chi connectivity index (χ4v) is 7.04. The highest BCUT2D eigenvalue weighted by Gasteiger charge is 2.33. The molecule has 0 saturated heterocycles. The normalized spacial score (nSPS) is 24.0. The monoisotopic (exact) mass is 550 g/mol. The second kappa shape index (κ2) is 15.9. The van der Waals surface area contributed by atoms with Gasteiger partial charge in [-0.1, -0.05) is 93.3 Å². The molecule has 2 fully saturated rings. The predicted octanol–water partition coefficient (Wildman–Crippen LogP) is 11.5. The average Bonchev–Trinajstić information content (AvgIpc) is 2.99. The first kappa shape index (κ1) is 30.9. The Morgan fingerprint density at radius 2 is 1.30 bits per heavy atom. The van der Waals surface area contributed by atoms with Gasteiger partial charge >= 0.3 is 6.11 Å². The van der Waals surface area contributed by atoms with Crippen molar-refractivity contribution in [1.82, 2.24) is 0 Å². The van der Waals surface area contributed by atoms with Gasteiger partial charge in [-0.25, -0.2) is 0 Å². The molecule has 0 aliphatic heterocycles. The number of hydrogen-bond acceptors (Lipinski definition) is 1. The van der Waals surface area contributed by atoms with Gasteiger partial charge in [0.15, 0.2) is 0 Å². The van der Waals surface area contributed by atoms with Crippen LogP contribution in [-0.2, 0) is 17.3 Å². The first-order chi connectivity index (χ1) is 19.5. The Hall–Kier alpha value is -2.00. The molecule has 2 aromatic rings. The molecule has 0 amide bonds. The molecule has 4 rings (SSSR count). The quantitative estimate of drug-likeness (QED) is 0.168. The maximum absolute atomic E-state index is 14.8. The predicted molar refractivity (Wildman–Crippen MR) is 164 cm³/mol. The van der Waals surface area contributed by atoms with Gasteiger partial charge in [-0.2, -0.15) is 8.78 Å². The molecule has 0 spiro atoms. The van der Waals surface area contributed by atoms with Crippen LogP contribution in [0.1, 0.15) is 138 Å². The molecule has 2 aliphatic carbocycles. The minimum absolute atomic E-state index is 0.00813. The van der Waals surface area contributed by atoms with Gasteiger partial charge in [0, 0.05) is 0 Å². The van der Waals surface area contributed by atoms with Crippen molar-refractivity contribution in [3.8, 4) is 0 Å². The Labute approximate surface area is 242 Å². The van der Waals surface area contributed by atoms with Gasteiger partial charge in [0.2, 0.25) is 0 Å².